The summed E-state index contributed by atoms with van der Waals surface area (Å²) in [5.74, 6) is 2.61. The molecule has 3 heterocycles. The van der Waals surface area contributed by atoms with Crippen LogP contribution < -0.4 is 0 Å². The van der Waals surface area contributed by atoms with E-state index in [-0.39, 0.29) is 6.29 Å². The highest BCUT2D eigenvalue weighted by atomic mass is 16.7. The number of nitrogens with zero attached hydrogens (tertiary/aromatic N) is 4. The van der Waals surface area contributed by atoms with E-state index in [9.17, 15) is 0 Å². The van der Waals surface area contributed by atoms with E-state index in [1.54, 1.807) is 0 Å². The average Bonchev–Trinajstić information content (AvgIpc) is 2.95. The highest BCUT2D eigenvalue weighted by Gasteiger charge is 2.28. The minimum absolute atomic E-state index is 0.00467. The second kappa shape index (κ2) is 7.06. The summed E-state index contributed by atoms with van der Waals surface area (Å²) in [6.07, 6.45) is 3.41. The fourth-order valence-electron chi connectivity index (χ4n) is 3.33. The van der Waals surface area contributed by atoms with Crippen molar-refractivity contribution >= 4 is 0 Å². The van der Waals surface area contributed by atoms with Crippen LogP contribution in [-0.2, 0) is 16.0 Å². The molecule has 3 rings (SSSR count). The maximum Gasteiger partial charge on any atom is 0.157 e. The van der Waals surface area contributed by atoms with E-state index >= 15 is 0 Å². The Morgan fingerprint density at radius 1 is 1.27 bits per heavy atom. The predicted molar refractivity (Wildman–Crippen MR) is 83.6 cm³/mol. The van der Waals surface area contributed by atoms with Gasteiger partial charge in [0.2, 0.25) is 0 Å². The Hall–Kier alpha value is -0.980. The highest BCUT2D eigenvalue weighted by Crippen LogP contribution is 2.26. The molecule has 0 unspecified atom stereocenters. The van der Waals surface area contributed by atoms with E-state index in [1.807, 2.05) is 0 Å². The Morgan fingerprint density at radius 3 is 2.86 bits per heavy atom. The first-order chi connectivity index (χ1) is 10.7. The average molecular weight is 308 g/mol. The number of fused-ring (bicyclic) bond motifs is 1. The van der Waals surface area contributed by atoms with Crippen molar-refractivity contribution in [3.63, 3.8) is 0 Å². The van der Waals surface area contributed by atoms with Gasteiger partial charge < -0.3 is 14.0 Å². The third-order valence-corrected chi connectivity index (χ3v) is 4.68. The molecule has 0 radical (unpaired) electrons. The zero-order chi connectivity index (χ0) is 15.5. The molecule has 2 aliphatic rings. The molecule has 1 aromatic heterocycles. The lowest BCUT2D eigenvalue weighted by molar-refractivity contribution is -0.165. The molecule has 22 heavy (non-hydrogen) atoms. The summed E-state index contributed by atoms with van der Waals surface area (Å²) in [4.78, 5) is 2.43. The van der Waals surface area contributed by atoms with E-state index in [1.165, 1.54) is 6.42 Å². The second-order valence-electron chi connectivity index (χ2n) is 6.60. The first kappa shape index (κ1) is 15.9. The van der Waals surface area contributed by atoms with Gasteiger partial charge >= 0.3 is 0 Å². The molecule has 0 aromatic carbocycles. The van der Waals surface area contributed by atoms with E-state index in [4.69, 9.17) is 9.47 Å². The van der Waals surface area contributed by atoms with Gasteiger partial charge in [0.05, 0.1) is 12.6 Å². The molecule has 1 aromatic rings. The SMILES string of the molecule is CC(C)c1nnc2n1CCN(CCO[C@@H]1CCCCO1)[C@@H]2C. The lowest BCUT2D eigenvalue weighted by atomic mass is 10.1. The van der Waals surface area contributed by atoms with Gasteiger partial charge in [-0.25, -0.2) is 0 Å². The lowest BCUT2D eigenvalue weighted by Crippen LogP contribution is -2.40. The smallest absolute Gasteiger partial charge is 0.157 e. The van der Waals surface area contributed by atoms with Crippen LogP contribution in [0, 0.1) is 0 Å². The number of rotatable bonds is 5. The van der Waals surface area contributed by atoms with Gasteiger partial charge in [0.15, 0.2) is 6.29 Å². The van der Waals surface area contributed by atoms with Crippen molar-refractivity contribution in [3.8, 4) is 0 Å². The Labute approximate surface area is 132 Å². The molecule has 0 spiro atoms. The number of aromatic nitrogens is 3. The van der Waals surface area contributed by atoms with Crippen molar-refractivity contribution in [1.29, 1.82) is 0 Å². The molecule has 0 N–H and O–H groups in total. The predicted octanol–water partition coefficient (Wildman–Crippen LogP) is 2.32. The zero-order valence-electron chi connectivity index (χ0n) is 14.0. The van der Waals surface area contributed by atoms with Crippen LogP contribution in [0.2, 0.25) is 0 Å². The molecule has 2 atom stereocenters. The normalized spacial score (nSPS) is 26.4. The maximum absolute atomic E-state index is 5.86. The molecule has 1 saturated heterocycles. The van der Waals surface area contributed by atoms with Crippen LogP contribution in [-0.4, -0.2) is 52.3 Å². The molecular weight excluding hydrogens is 280 g/mol. The maximum atomic E-state index is 5.86. The monoisotopic (exact) mass is 308 g/mol. The lowest BCUT2D eigenvalue weighted by Gasteiger charge is -2.34. The molecule has 0 amide bonds. The van der Waals surface area contributed by atoms with Gasteiger partial charge in [-0.05, 0) is 26.2 Å². The van der Waals surface area contributed by atoms with Crippen molar-refractivity contribution in [1.82, 2.24) is 19.7 Å². The fourth-order valence-corrected chi connectivity index (χ4v) is 3.33. The molecule has 2 aliphatic heterocycles. The molecule has 0 saturated carbocycles. The number of hydrogen-bond acceptors (Lipinski definition) is 5. The zero-order valence-corrected chi connectivity index (χ0v) is 14.0. The molecule has 0 bridgehead atoms. The summed E-state index contributed by atoms with van der Waals surface area (Å²) in [5.41, 5.74) is 0. The number of ether oxygens (including phenoxy) is 2. The molecule has 6 nitrogen and oxygen atoms in total. The van der Waals surface area contributed by atoms with E-state index in [0.717, 1.165) is 57.3 Å². The van der Waals surface area contributed by atoms with Gasteiger partial charge in [-0.1, -0.05) is 13.8 Å². The third-order valence-electron chi connectivity index (χ3n) is 4.68. The molecule has 0 aliphatic carbocycles. The van der Waals surface area contributed by atoms with E-state index in [2.05, 4.69) is 40.4 Å². The molecular formula is C16H28N4O2. The van der Waals surface area contributed by atoms with E-state index < -0.39 is 0 Å². The second-order valence-corrected chi connectivity index (χ2v) is 6.60. The minimum atomic E-state index is 0.00467. The van der Waals surface area contributed by atoms with Crippen LogP contribution in [0.1, 0.15) is 63.6 Å². The molecule has 1 fully saturated rings. The summed E-state index contributed by atoms with van der Waals surface area (Å²) >= 11 is 0. The van der Waals surface area contributed by atoms with Crippen molar-refractivity contribution in [2.24, 2.45) is 0 Å². The Kier molecular flexibility index (Phi) is 5.10. The summed E-state index contributed by atoms with van der Waals surface area (Å²) in [7, 11) is 0. The highest BCUT2D eigenvalue weighted by molar-refractivity contribution is 5.06. The van der Waals surface area contributed by atoms with Crippen LogP contribution in [0.5, 0.6) is 0 Å². The fraction of sp³-hybridized carbons (Fsp3) is 0.875. The first-order valence-corrected chi connectivity index (χ1v) is 8.57. The van der Waals surface area contributed by atoms with Crippen molar-refractivity contribution in [2.75, 3.05) is 26.3 Å². The van der Waals surface area contributed by atoms with Crippen LogP contribution in [0.4, 0.5) is 0 Å². The Morgan fingerprint density at radius 2 is 2.14 bits per heavy atom. The summed E-state index contributed by atoms with van der Waals surface area (Å²) in [5, 5.41) is 8.78. The first-order valence-electron chi connectivity index (χ1n) is 8.57. The summed E-state index contributed by atoms with van der Waals surface area (Å²) in [6, 6.07) is 0.296. The van der Waals surface area contributed by atoms with Gasteiger partial charge in [-0.3, -0.25) is 4.90 Å². The standard InChI is InChI=1S/C16H28N4O2/c1-12(2)15-17-18-16-13(3)19(7-8-20(15)16)9-11-22-14-6-4-5-10-21-14/h12-14H,4-11H2,1-3H3/t13-,14-/m1/s1. The third kappa shape index (κ3) is 3.34. The van der Waals surface area contributed by atoms with Crippen molar-refractivity contribution in [2.45, 2.75) is 64.8 Å². The number of hydrogen-bond donors (Lipinski definition) is 0. The van der Waals surface area contributed by atoms with Gasteiger partial charge in [-0.15, -0.1) is 10.2 Å². The van der Waals surface area contributed by atoms with Crippen molar-refractivity contribution in [3.05, 3.63) is 11.6 Å². The van der Waals surface area contributed by atoms with Crippen LogP contribution in [0.25, 0.3) is 0 Å². The van der Waals surface area contributed by atoms with Crippen LogP contribution in [0.15, 0.2) is 0 Å². The van der Waals surface area contributed by atoms with Gasteiger partial charge in [-0.2, -0.15) is 0 Å². The van der Waals surface area contributed by atoms with Crippen molar-refractivity contribution < 1.29 is 9.47 Å². The minimum Gasteiger partial charge on any atom is -0.353 e. The Bertz CT molecular complexity index is 482. The van der Waals surface area contributed by atoms with Gasteiger partial charge in [0.25, 0.3) is 0 Å². The molecule has 6 heteroatoms. The van der Waals surface area contributed by atoms with Gasteiger partial charge in [0.1, 0.15) is 11.6 Å². The summed E-state index contributed by atoms with van der Waals surface area (Å²) < 4.78 is 13.8. The molecule has 124 valence electrons. The van der Waals surface area contributed by atoms with Crippen LogP contribution in [0.3, 0.4) is 0 Å². The van der Waals surface area contributed by atoms with E-state index in [0.29, 0.717) is 12.0 Å². The topological polar surface area (TPSA) is 52.4 Å². The summed E-state index contributed by atoms with van der Waals surface area (Å²) in [6.45, 7) is 11.0. The quantitative estimate of drug-likeness (QED) is 0.835. The van der Waals surface area contributed by atoms with Crippen LogP contribution >= 0.6 is 0 Å². The Balaban J connectivity index is 1.53. The van der Waals surface area contributed by atoms with Gasteiger partial charge in [0, 0.05) is 32.2 Å². The largest absolute Gasteiger partial charge is 0.353 e.